The van der Waals surface area contributed by atoms with Crippen LogP contribution in [0, 0.1) is 5.92 Å². The molecule has 4 nitrogen and oxygen atoms in total. The molecule has 0 amide bonds. The number of carbonyl (C=O) groups excluding carboxylic acids is 1. The zero-order valence-electron chi connectivity index (χ0n) is 9.44. The lowest BCUT2D eigenvalue weighted by Crippen LogP contribution is -2.14. The van der Waals surface area contributed by atoms with Crippen LogP contribution in [0.5, 0.6) is 0 Å². The molecule has 0 aliphatic carbocycles. The number of hydrogen-bond donors (Lipinski definition) is 1. The normalized spacial score (nSPS) is 12.7. The minimum absolute atomic E-state index is 0.162. The van der Waals surface area contributed by atoms with Crippen molar-refractivity contribution in [1.82, 2.24) is 9.78 Å². The SMILES string of the molecule is CCn1nccc1C(=O)CCC(C)CN. The van der Waals surface area contributed by atoms with E-state index in [1.165, 1.54) is 0 Å². The van der Waals surface area contributed by atoms with Crippen LogP contribution in [0.3, 0.4) is 0 Å². The maximum Gasteiger partial charge on any atom is 0.180 e. The summed E-state index contributed by atoms with van der Waals surface area (Å²) in [5.41, 5.74) is 6.21. The van der Waals surface area contributed by atoms with Crippen LogP contribution in [0.4, 0.5) is 0 Å². The quantitative estimate of drug-likeness (QED) is 0.721. The molecule has 0 bridgehead atoms. The van der Waals surface area contributed by atoms with Gasteiger partial charge in [-0.25, -0.2) is 0 Å². The highest BCUT2D eigenvalue weighted by Gasteiger charge is 2.12. The second kappa shape index (κ2) is 5.66. The van der Waals surface area contributed by atoms with Crippen molar-refractivity contribution in [2.45, 2.75) is 33.2 Å². The van der Waals surface area contributed by atoms with Crippen LogP contribution in [0.25, 0.3) is 0 Å². The number of ketones is 1. The van der Waals surface area contributed by atoms with Gasteiger partial charge in [-0.05, 0) is 31.9 Å². The van der Waals surface area contributed by atoms with Crippen LogP contribution >= 0.6 is 0 Å². The second-order valence-electron chi connectivity index (χ2n) is 3.83. The summed E-state index contributed by atoms with van der Waals surface area (Å²) in [5, 5.41) is 4.07. The van der Waals surface area contributed by atoms with Gasteiger partial charge in [-0.15, -0.1) is 0 Å². The average molecular weight is 209 g/mol. The van der Waals surface area contributed by atoms with Gasteiger partial charge in [0.05, 0.1) is 0 Å². The zero-order valence-corrected chi connectivity index (χ0v) is 9.44. The first-order valence-corrected chi connectivity index (χ1v) is 5.44. The van der Waals surface area contributed by atoms with Gasteiger partial charge in [0, 0.05) is 19.2 Å². The van der Waals surface area contributed by atoms with E-state index in [1.54, 1.807) is 16.9 Å². The molecule has 0 fully saturated rings. The summed E-state index contributed by atoms with van der Waals surface area (Å²) in [5.74, 6) is 0.571. The lowest BCUT2D eigenvalue weighted by Gasteiger charge is -2.07. The van der Waals surface area contributed by atoms with Crippen LogP contribution < -0.4 is 5.73 Å². The lowest BCUT2D eigenvalue weighted by molar-refractivity contribution is 0.0964. The van der Waals surface area contributed by atoms with Gasteiger partial charge in [-0.3, -0.25) is 9.48 Å². The van der Waals surface area contributed by atoms with E-state index in [4.69, 9.17) is 5.73 Å². The molecule has 1 rings (SSSR count). The topological polar surface area (TPSA) is 60.9 Å². The van der Waals surface area contributed by atoms with Crippen molar-refractivity contribution in [2.24, 2.45) is 11.7 Å². The van der Waals surface area contributed by atoms with Crippen molar-refractivity contribution in [2.75, 3.05) is 6.54 Å². The largest absolute Gasteiger partial charge is 0.330 e. The van der Waals surface area contributed by atoms with Crippen LogP contribution in [0.2, 0.25) is 0 Å². The molecule has 0 aliphatic rings. The smallest absolute Gasteiger partial charge is 0.180 e. The van der Waals surface area contributed by atoms with Crippen molar-refractivity contribution in [3.63, 3.8) is 0 Å². The Kier molecular flexibility index (Phi) is 4.49. The molecule has 1 atom stereocenters. The highest BCUT2D eigenvalue weighted by atomic mass is 16.1. The Morgan fingerprint density at radius 1 is 1.67 bits per heavy atom. The second-order valence-corrected chi connectivity index (χ2v) is 3.83. The number of carbonyl (C=O) groups is 1. The Hall–Kier alpha value is -1.16. The number of hydrogen-bond acceptors (Lipinski definition) is 3. The minimum Gasteiger partial charge on any atom is -0.330 e. The lowest BCUT2D eigenvalue weighted by atomic mass is 10.0. The van der Waals surface area contributed by atoms with Crippen molar-refractivity contribution in [1.29, 1.82) is 0 Å². The Balaban J connectivity index is 2.54. The monoisotopic (exact) mass is 209 g/mol. The summed E-state index contributed by atoms with van der Waals surface area (Å²) in [6.45, 7) is 5.41. The van der Waals surface area contributed by atoms with Crippen molar-refractivity contribution < 1.29 is 4.79 Å². The van der Waals surface area contributed by atoms with Crippen LogP contribution in [0.1, 0.15) is 37.2 Å². The van der Waals surface area contributed by atoms with Crippen molar-refractivity contribution in [3.8, 4) is 0 Å². The maximum absolute atomic E-state index is 11.8. The third-order valence-electron chi connectivity index (χ3n) is 2.57. The molecular formula is C11H19N3O. The Labute approximate surface area is 90.5 Å². The maximum atomic E-state index is 11.8. The average Bonchev–Trinajstić information content (AvgIpc) is 2.73. The molecule has 0 spiro atoms. The number of nitrogens with two attached hydrogens (primary N) is 1. The summed E-state index contributed by atoms with van der Waals surface area (Å²) in [6, 6.07) is 1.78. The summed E-state index contributed by atoms with van der Waals surface area (Å²) in [7, 11) is 0. The van der Waals surface area contributed by atoms with Crippen molar-refractivity contribution in [3.05, 3.63) is 18.0 Å². The molecule has 1 aromatic rings. The summed E-state index contributed by atoms with van der Waals surface area (Å²) >= 11 is 0. The molecule has 1 heterocycles. The van der Waals surface area contributed by atoms with Crippen LogP contribution in [0.15, 0.2) is 12.3 Å². The van der Waals surface area contributed by atoms with Gasteiger partial charge >= 0.3 is 0 Å². The molecule has 15 heavy (non-hydrogen) atoms. The van der Waals surface area contributed by atoms with Gasteiger partial charge in [0.15, 0.2) is 5.78 Å². The molecule has 84 valence electrons. The standard InChI is InChI=1S/C11H19N3O/c1-3-14-10(6-7-13-14)11(15)5-4-9(2)8-12/h6-7,9H,3-5,8,12H2,1-2H3. The molecule has 0 aliphatic heterocycles. The summed E-state index contributed by atoms with van der Waals surface area (Å²) < 4.78 is 1.73. The van der Waals surface area contributed by atoms with E-state index in [1.807, 2.05) is 6.92 Å². The Morgan fingerprint density at radius 3 is 3.00 bits per heavy atom. The highest BCUT2D eigenvalue weighted by Crippen LogP contribution is 2.09. The van der Waals surface area contributed by atoms with E-state index < -0.39 is 0 Å². The fourth-order valence-corrected chi connectivity index (χ4v) is 1.44. The molecule has 1 unspecified atom stereocenters. The summed E-state index contributed by atoms with van der Waals surface area (Å²) in [6.07, 6.45) is 3.08. The van der Waals surface area contributed by atoms with E-state index in [0.29, 0.717) is 24.6 Å². The van der Waals surface area contributed by atoms with Gasteiger partial charge in [-0.1, -0.05) is 6.92 Å². The van der Waals surface area contributed by atoms with Gasteiger partial charge < -0.3 is 5.73 Å². The first-order valence-electron chi connectivity index (χ1n) is 5.44. The molecule has 0 radical (unpaired) electrons. The first kappa shape index (κ1) is 11.9. The number of nitrogens with zero attached hydrogens (tertiary/aromatic N) is 2. The fraction of sp³-hybridized carbons (Fsp3) is 0.636. The third kappa shape index (κ3) is 3.16. The number of rotatable bonds is 6. The molecule has 2 N–H and O–H groups in total. The molecule has 0 aromatic carbocycles. The third-order valence-corrected chi connectivity index (χ3v) is 2.57. The highest BCUT2D eigenvalue weighted by molar-refractivity contribution is 5.94. The van der Waals surface area contributed by atoms with Crippen LogP contribution in [-0.4, -0.2) is 22.1 Å². The van der Waals surface area contributed by atoms with E-state index in [-0.39, 0.29) is 5.78 Å². The molecular weight excluding hydrogens is 190 g/mol. The fourth-order valence-electron chi connectivity index (χ4n) is 1.44. The minimum atomic E-state index is 0.162. The van der Waals surface area contributed by atoms with E-state index in [2.05, 4.69) is 12.0 Å². The van der Waals surface area contributed by atoms with Gasteiger partial charge in [0.2, 0.25) is 0 Å². The number of aryl methyl sites for hydroxylation is 1. The summed E-state index contributed by atoms with van der Waals surface area (Å²) in [4.78, 5) is 11.8. The Morgan fingerprint density at radius 2 is 2.40 bits per heavy atom. The van der Waals surface area contributed by atoms with Gasteiger partial charge in [0.25, 0.3) is 0 Å². The zero-order chi connectivity index (χ0) is 11.3. The predicted octanol–water partition coefficient (Wildman–Crippen LogP) is 1.46. The van der Waals surface area contributed by atoms with E-state index >= 15 is 0 Å². The number of Topliss-reactive ketones (excluding diaryl/α,β-unsaturated/α-hetero) is 1. The van der Waals surface area contributed by atoms with E-state index in [0.717, 1.165) is 13.0 Å². The number of aromatic nitrogens is 2. The Bertz CT molecular complexity index is 319. The van der Waals surface area contributed by atoms with Gasteiger partial charge in [0.1, 0.15) is 5.69 Å². The molecule has 0 saturated carbocycles. The molecule has 0 saturated heterocycles. The predicted molar refractivity (Wildman–Crippen MR) is 59.7 cm³/mol. The van der Waals surface area contributed by atoms with E-state index in [9.17, 15) is 4.79 Å². The van der Waals surface area contributed by atoms with Crippen LogP contribution in [-0.2, 0) is 6.54 Å². The first-order chi connectivity index (χ1) is 7.19. The molecule has 1 aromatic heterocycles. The molecule has 4 heteroatoms. The van der Waals surface area contributed by atoms with Crippen molar-refractivity contribution >= 4 is 5.78 Å². The van der Waals surface area contributed by atoms with Gasteiger partial charge in [-0.2, -0.15) is 5.10 Å².